The SMILES string of the molecule is CC1(CC(=O)Nc2cccc(B3OC(C)(C)C(C)(C)O3)c2)CC1. The Kier molecular flexibility index (Phi) is 3.85. The van der Waals surface area contributed by atoms with Gasteiger partial charge >= 0.3 is 7.12 Å². The van der Waals surface area contributed by atoms with E-state index in [1.165, 1.54) is 0 Å². The van der Waals surface area contributed by atoms with Gasteiger partial charge in [0.05, 0.1) is 11.2 Å². The summed E-state index contributed by atoms with van der Waals surface area (Å²) in [5.41, 5.74) is 1.22. The summed E-state index contributed by atoms with van der Waals surface area (Å²) >= 11 is 0. The number of carbonyl (C=O) groups is 1. The number of anilines is 1. The van der Waals surface area contributed by atoms with E-state index in [1.54, 1.807) is 0 Å². The van der Waals surface area contributed by atoms with E-state index in [2.05, 4.69) is 12.2 Å². The van der Waals surface area contributed by atoms with E-state index in [-0.39, 0.29) is 22.5 Å². The van der Waals surface area contributed by atoms with Gasteiger partial charge in [-0.1, -0.05) is 19.1 Å². The normalized spacial score (nSPS) is 23.6. The number of benzene rings is 1. The topological polar surface area (TPSA) is 47.6 Å². The lowest BCUT2D eigenvalue weighted by molar-refractivity contribution is -0.117. The molecule has 4 nitrogen and oxygen atoms in total. The molecule has 0 unspecified atom stereocenters. The number of hydrogen-bond acceptors (Lipinski definition) is 3. The van der Waals surface area contributed by atoms with Gasteiger partial charge in [0.2, 0.25) is 5.91 Å². The van der Waals surface area contributed by atoms with Gasteiger partial charge in [0.25, 0.3) is 0 Å². The molecule has 0 bridgehead atoms. The molecular formula is C18H26BNO3. The van der Waals surface area contributed by atoms with Crippen molar-refractivity contribution in [3.63, 3.8) is 0 Å². The zero-order valence-electron chi connectivity index (χ0n) is 14.7. The first-order valence-corrected chi connectivity index (χ1v) is 8.36. The molecule has 3 rings (SSSR count). The zero-order valence-corrected chi connectivity index (χ0v) is 14.7. The lowest BCUT2D eigenvalue weighted by Crippen LogP contribution is -2.41. The summed E-state index contributed by atoms with van der Waals surface area (Å²) in [6.07, 6.45) is 2.89. The average Bonchev–Trinajstić information content (AvgIpc) is 3.08. The summed E-state index contributed by atoms with van der Waals surface area (Å²) < 4.78 is 12.1. The molecule has 0 atom stereocenters. The maximum absolute atomic E-state index is 12.1. The molecule has 1 aromatic carbocycles. The van der Waals surface area contributed by atoms with Crippen molar-refractivity contribution in [3.05, 3.63) is 24.3 Å². The lowest BCUT2D eigenvalue weighted by Gasteiger charge is -2.32. The monoisotopic (exact) mass is 315 g/mol. The van der Waals surface area contributed by atoms with E-state index in [1.807, 2.05) is 52.0 Å². The van der Waals surface area contributed by atoms with E-state index in [4.69, 9.17) is 9.31 Å². The molecule has 1 saturated carbocycles. The molecule has 5 heteroatoms. The molecule has 1 saturated heterocycles. The van der Waals surface area contributed by atoms with Crippen LogP contribution < -0.4 is 10.8 Å². The molecule has 0 radical (unpaired) electrons. The molecule has 124 valence electrons. The van der Waals surface area contributed by atoms with Gasteiger partial charge in [-0.2, -0.15) is 0 Å². The van der Waals surface area contributed by atoms with Crippen LogP contribution in [0.3, 0.4) is 0 Å². The highest BCUT2D eigenvalue weighted by atomic mass is 16.7. The van der Waals surface area contributed by atoms with Crippen molar-refractivity contribution in [2.24, 2.45) is 5.41 Å². The highest BCUT2D eigenvalue weighted by Crippen LogP contribution is 2.48. The molecule has 0 spiro atoms. The average molecular weight is 315 g/mol. The van der Waals surface area contributed by atoms with Crippen molar-refractivity contribution in [1.82, 2.24) is 0 Å². The fraction of sp³-hybridized carbons (Fsp3) is 0.611. The van der Waals surface area contributed by atoms with E-state index in [0.29, 0.717) is 6.42 Å². The van der Waals surface area contributed by atoms with Crippen molar-refractivity contribution in [3.8, 4) is 0 Å². The van der Waals surface area contributed by atoms with Gasteiger partial charge in [-0.3, -0.25) is 4.79 Å². The minimum atomic E-state index is -0.405. The first kappa shape index (κ1) is 16.5. The Hall–Kier alpha value is -1.33. The van der Waals surface area contributed by atoms with Crippen LogP contribution in [0.2, 0.25) is 0 Å². The Morgan fingerprint density at radius 1 is 1.13 bits per heavy atom. The maximum atomic E-state index is 12.1. The minimum Gasteiger partial charge on any atom is -0.399 e. The van der Waals surface area contributed by atoms with Crippen LogP contribution in [-0.2, 0) is 14.1 Å². The second-order valence-corrected chi connectivity index (χ2v) is 8.25. The fourth-order valence-electron chi connectivity index (χ4n) is 2.73. The van der Waals surface area contributed by atoms with Gasteiger partial charge in [0.15, 0.2) is 0 Å². The summed E-state index contributed by atoms with van der Waals surface area (Å²) in [5, 5.41) is 2.99. The van der Waals surface area contributed by atoms with Crippen molar-refractivity contribution < 1.29 is 14.1 Å². The molecule has 1 amide bonds. The van der Waals surface area contributed by atoms with E-state index >= 15 is 0 Å². The summed E-state index contributed by atoms with van der Waals surface area (Å²) in [6.45, 7) is 10.3. The second kappa shape index (κ2) is 5.35. The third kappa shape index (κ3) is 3.46. The third-order valence-electron chi connectivity index (χ3n) is 5.39. The summed E-state index contributed by atoms with van der Waals surface area (Å²) in [7, 11) is -0.405. The Morgan fingerprint density at radius 3 is 2.30 bits per heavy atom. The highest BCUT2D eigenvalue weighted by molar-refractivity contribution is 6.62. The van der Waals surface area contributed by atoms with Crippen LogP contribution in [0.15, 0.2) is 24.3 Å². The van der Waals surface area contributed by atoms with Crippen LogP contribution >= 0.6 is 0 Å². The first-order chi connectivity index (χ1) is 10.6. The largest absolute Gasteiger partial charge is 0.494 e. The summed E-state index contributed by atoms with van der Waals surface area (Å²) in [4.78, 5) is 12.1. The van der Waals surface area contributed by atoms with Crippen molar-refractivity contribution in [2.45, 2.75) is 65.1 Å². The zero-order chi connectivity index (χ0) is 16.9. The first-order valence-electron chi connectivity index (χ1n) is 8.36. The molecule has 0 aromatic heterocycles. The quantitative estimate of drug-likeness (QED) is 0.869. The Labute approximate surface area is 139 Å². The molecule has 1 aliphatic heterocycles. The number of hydrogen-bond donors (Lipinski definition) is 1. The Bertz CT molecular complexity index is 606. The standard InChI is InChI=1S/C18H26BNO3/c1-16(2)17(3,4)23-19(22-16)13-7-6-8-14(11-13)20-15(21)12-18(5)9-10-18/h6-8,11H,9-10,12H2,1-5H3,(H,20,21). The lowest BCUT2D eigenvalue weighted by atomic mass is 9.79. The van der Waals surface area contributed by atoms with Crippen LogP contribution in [0.25, 0.3) is 0 Å². The molecular weight excluding hydrogens is 289 g/mol. The second-order valence-electron chi connectivity index (χ2n) is 8.25. The molecule has 2 aliphatic rings. The van der Waals surface area contributed by atoms with Gasteiger partial charge in [-0.05, 0) is 63.5 Å². The molecule has 1 aliphatic carbocycles. The Morgan fingerprint density at radius 2 is 1.74 bits per heavy atom. The minimum absolute atomic E-state index is 0.0797. The summed E-state index contributed by atoms with van der Waals surface area (Å²) in [5.74, 6) is 0.0797. The Balaban J connectivity index is 1.69. The molecule has 2 fully saturated rings. The van der Waals surface area contributed by atoms with E-state index in [0.717, 1.165) is 24.0 Å². The van der Waals surface area contributed by atoms with Gasteiger partial charge in [-0.15, -0.1) is 0 Å². The van der Waals surface area contributed by atoms with Gasteiger partial charge in [0, 0.05) is 12.1 Å². The van der Waals surface area contributed by atoms with Gasteiger partial charge in [0.1, 0.15) is 0 Å². The smallest absolute Gasteiger partial charge is 0.399 e. The van der Waals surface area contributed by atoms with Crippen LogP contribution in [-0.4, -0.2) is 24.2 Å². The van der Waals surface area contributed by atoms with E-state index < -0.39 is 7.12 Å². The van der Waals surface area contributed by atoms with Crippen molar-refractivity contribution in [1.29, 1.82) is 0 Å². The van der Waals surface area contributed by atoms with Gasteiger partial charge < -0.3 is 14.6 Å². The van der Waals surface area contributed by atoms with E-state index in [9.17, 15) is 4.79 Å². The number of rotatable bonds is 4. The maximum Gasteiger partial charge on any atom is 0.494 e. The predicted molar refractivity (Wildman–Crippen MR) is 92.7 cm³/mol. The molecule has 1 N–H and O–H groups in total. The van der Waals surface area contributed by atoms with Crippen LogP contribution in [0.4, 0.5) is 5.69 Å². The highest BCUT2D eigenvalue weighted by Gasteiger charge is 2.51. The molecule has 1 aromatic rings. The predicted octanol–water partition coefficient (Wildman–Crippen LogP) is 3.11. The van der Waals surface area contributed by atoms with Crippen molar-refractivity contribution in [2.75, 3.05) is 5.32 Å². The van der Waals surface area contributed by atoms with Crippen molar-refractivity contribution >= 4 is 24.2 Å². The summed E-state index contributed by atoms with van der Waals surface area (Å²) in [6, 6.07) is 7.74. The van der Waals surface area contributed by atoms with Crippen LogP contribution in [0, 0.1) is 5.41 Å². The van der Waals surface area contributed by atoms with Crippen LogP contribution in [0.1, 0.15) is 53.9 Å². The van der Waals surface area contributed by atoms with Gasteiger partial charge in [-0.25, -0.2) is 0 Å². The number of nitrogens with one attached hydrogen (secondary N) is 1. The number of amides is 1. The number of carbonyl (C=O) groups excluding carboxylic acids is 1. The van der Waals surface area contributed by atoms with Crippen LogP contribution in [0.5, 0.6) is 0 Å². The third-order valence-corrected chi connectivity index (χ3v) is 5.39. The molecule has 1 heterocycles. The molecule has 23 heavy (non-hydrogen) atoms. The fourth-order valence-corrected chi connectivity index (χ4v) is 2.73.